The van der Waals surface area contributed by atoms with Gasteiger partial charge in [-0.25, -0.2) is 0 Å². The summed E-state index contributed by atoms with van der Waals surface area (Å²) in [4.78, 5) is 27.2. The molecule has 6 heteroatoms. The molecule has 0 aromatic heterocycles. The van der Waals surface area contributed by atoms with Gasteiger partial charge < -0.3 is 20.3 Å². The Morgan fingerprint density at radius 2 is 2.11 bits per heavy atom. The molecule has 6 nitrogen and oxygen atoms in total. The van der Waals surface area contributed by atoms with E-state index in [1.807, 2.05) is 43.0 Å². The summed E-state index contributed by atoms with van der Waals surface area (Å²) in [5.41, 5.74) is 1.04. The monoisotopic (exact) mass is 387 g/mol. The van der Waals surface area contributed by atoms with Gasteiger partial charge in [-0.2, -0.15) is 0 Å². The lowest BCUT2D eigenvalue weighted by Crippen LogP contribution is -2.49. The van der Waals surface area contributed by atoms with Crippen LogP contribution in [-0.2, 0) is 9.59 Å². The fraction of sp³-hybridized carbons (Fsp3) is 0.636. The number of piperidine rings is 1. The number of nitrogens with one attached hydrogen (secondary N) is 2. The molecule has 2 heterocycles. The molecule has 0 radical (unpaired) electrons. The number of ether oxygens (including phenoxy) is 1. The highest BCUT2D eigenvalue weighted by Gasteiger charge is 2.30. The first-order chi connectivity index (χ1) is 13.6. The van der Waals surface area contributed by atoms with E-state index < -0.39 is 6.10 Å². The highest BCUT2D eigenvalue weighted by molar-refractivity contribution is 5.82. The van der Waals surface area contributed by atoms with Crippen LogP contribution in [0.5, 0.6) is 5.75 Å². The molecule has 3 atom stereocenters. The van der Waals surface area contributed by atoms with Crippen molar-refractivity contribution in [3.05, 3.63) is 29.8 Å². The van der Waals surface area contributed by atoms with Crippen molar-refractivity contribution >= 4 is 11.8 Å². The molecule has 0 saturated carbocycles. The van der Waals surface area contributed by atoms with Gasteiger partial charge in [0, 0.05) is 19.6 Å². The minimum absolute atomic E-state index is 0.0479. The van der Waals surface area contributed by atoms with Gasteiger partial charge in [-0.15, -0.1) is 0 Å². The molecule has 3 unspecified atom stereocenters. The average Bonchev–Trinajstić information content (AvgIpc) is 3.26. The van der Waals surface area contributed by atoms with Crippen LogP contribution in [0.25, 0.3) is 0 Å². The SMILES string of the molecule is CCC(Oc1ccccc1C)C(=O)N1CCCC(CNC(=O)C2CCCN2)C1. The molecule has 2 fully saturated rings. The van der Waals surface area contributed by atoms with E-state index in [2.05, 4.69) is 10.6 Å². The molecular formula is C22H33N3O3. The van der Waals surface area contributed by atoms with E-state index in [1.54, 1.807) is 0 Å². The Morgan fingerprint density at radius 1 is 1.29 bits per heavy atom. The second-order valence-corrected chi connectivity index (χ2v) is 7.97. The van der Waals surface area contributed by atoms with E-state index in [9.17, 15) is 9.59 Å². The van der Waals surface area contributed by atoms with Crippen molar-refractivity contribution in [1.29, 1.82) is 0 Å². The normalized spacial score (nSPS) is 23.3. The van der Waals surface area contributed by atoms with Crippen LogP contribution < -0.4 is 15.4 Å². The number of rotatable bonds is 7. The van der Waals surface area contributed by atoms with Crippen LogP contribution in [-0.4, -0.2) is 55.0 Å². The Bertz CT molecular complexity index is 673. The van der Waals surface area contributed by atoms with Gasteiger partial charge in [0.2, 0.25) is 5.91 Å². The van der Waals surface area contributed by atoms with E-state index in [0.717, 1.165) is 50.1 Å². The number of amides is 2. The molecule has 0 bridgehead atoms. The summed E-state index contributed by atoms with van der Waals surface area (Å²) >= 11 is 0. The number of likely N-dealkylation sites (tertiary alicyclic amines) is 1. The summed E-state index contributed by atoms with van der Waals surface area (Å²) < 4.78 is 6.04. The van der Waals surface area contributed by atoms with Gasteiger partial charge in [0.25, 0.3) is 5.91 Å². The minimum Gasteiger partial charge on any atom is -0.480 e. The molecule has 0 spiro atoms. The van der Waals surface area contributed by atoms with Crippen molar-refractivity contribution in [3.63, 3.8) is 0 Å². The van der Waals surface area contributed by atoms with Gasteiger partial charge in [0.05, 0.1) is 6.04 Å². The standard InChI is InChI=1S/C22H33N3O3/c1-3-19(28-20-11-5-4-8-16(20)2)22(27)25-13-7-9-17(15-25)14-24-21(26)18-10-6-12-23-18/h4-5,8,11,17-19,23H,3,6-7,9-10,12-15H2,1-2H3,(H,24,26). The number of nitrogens with zero attached hydrogens (tertiary/aromatic N) is 1. The molecule has 2 saturated heterocycles. The predicted molar refractivity (Wildman–Crippen MR) is 109 cm³/mol. The van der Waals surface area contributed by atoms with Gasteiger partial charge in [-0.05, 0) is 63.1 Å². The van der Waals surface area contributed by atoms with E-state index in [4.69, 9.17) is 4.74 Å². The fourth-order valence-corrected chi connectivity index (χ4v) is 4.06. The van der Waals surface area contributed by atoms with Gasteiger partial charge >= 0.3 is 0 Å². The first kappa shape index (κ1) is 20.6. The lowest BCUT2D eigenvalue weighted by atomic mass is 9.97. The van der Waals surface area contributed by atoms with Crippen LogP contribution in [0.2, 0.25) is 0 Å². The van der Waals surface area contributed by atoms with Gasteiger partial charge in [-0.3, -0.25) is 9.59 Å². The van der Waals surface area contributed by atoms with Gasteiger partial charge in [0.1, 0.15) is 5.75 Å². The number of hydrogen-bond acceptors (Lipinski definition) is 4. The molecule has 1 aromatic rings. The predicted octanol–water partition coefficient (Wildman–Crippen LogP) is 2.26. The lowest BCUT2D eigenvalue weighted by molar-refractivity contribution is -0.140. The van der Waals surface area contributed by atoms with Gasteiger partial charge in [-0.1, -0.05) is 25.1 Å². The van der Waals surface area contributed by atoms with Crippen molar-refractivity contribution in [2.75, 3.05) is 26.2 Å². The Balaban J connectivity index is 1.52. The fourth-order valence-electron chi connectivity index (χ4n) is 4.06. The largest absolute Gasteiger partial charge is 0.480 e. The number of aryl methyl sites for hydroxylation is 1. The molecule has 3 rings (SSSR count). The van der Waals surface area contributed by atoms with Crippen molar-refractivity contribution in [2.24, 2.45) is 5.92 Å². The molecule has 2 aliphatic rings. The van der Waals surface area contributed by atoms with Crippen LogP contribution in [0.1, 0.15) is 44.6 Å². The zero-order chi connectivity index (χ0) is 19.9. The minimum atomic E-state index is -0.461. The Kier molecular flexibility index (Phi) is 7.31. The summed E-state index contributed by atoms with van der Waals surface area (Å²) in [6.07, 6.45) is 4.15. The first-order valence-corrected chi connectivity index (χ1v) is 10.6. The van der Waals surface area contributed by atoms with E-state index >= 15 is 0 Å². The maximum Gasteiger partial charge on any atom is 0.263 e. The summed E-state index contributed by atoms with van der Waals surface area (Å²) in [6.45, 7) is 6.98. The highest BCUT2D eigenvalue weighted by atomic mass is 16.5. The van der Waals surface area contributed by atoms with E-state index in [0.29, 0.717) is 25.4 Å². The zero-order valence-electron chi connectivity index (χ0n) is 17.1. The highest BCUT2D eigenvalue weighted by Crippen LogP contribution is 2.22. The molecule has 2 N–H and O–H groups in total. The van der Waals surface area contributed by atoms with E-state index in [-0.39, 0.29) is 17.9 Å². The summed E-state index contributed by atoms with van der Waals surface area (Å²) in [6, 6.07) is 7.75. The first-order valence-electron chi connectivity index (χ1n) is 10.6. The topological polar surface area (TPSA) is 70.7 Å². The lowest BCUT2D eigenvalue weighted by Gasteiger charge is -2.35. The quantitative estimate of drug-likeness (QED) is 0.753. The van der Waals surface area contributed by atoms with Crippen LogP contribution in [0, 0.1) is 12.8 Å². The number of para-hydroxylation sites is 1. The second-order valence-electron chi connectivity index (χ2n) is 7.97. The summed E-state index contributed by atoms with van der Waals surface area (Å²) in [5, 5.41) is 6.30. The van der Waals surface area contributed by atoms with Crippen molar-refractivity contribution < 1.29 is 14.3 Å². The second kappa shape index (κ2) is 9.92. The van der Waals surface area contributed by atoms with E-state index in [1.165, 1.54) is 0 Å². The number of benzene rings is 1. The number of hydrogen-bond donors (Lipinski definition) is 2. The van der Waals surface area contributed by atoms with Crippen LogP contribution in [0.15, 0.2) is 24.3 Å². The summed E-state index contributed by atoms with van der Waals surface area (Å²) in [5.74, 6) is 1.22. The van der Waals surface area contributed by atoms with Crippen LogP contribution in [0.3, 0.4) is 0 Å². The van der Waals surface area contributed by atoms with Crippen molar-refractivity contribution in [1.82, 2.24) is 15.5 Å². The average molecular weight is 388 g/mol. The van der Waals surface area contributed by atoms with Crippen LogP contribution >= 0.6 is 0 Å². The smallest absolute Gasteiger partial charge is 0.263 e. The Morgan fingerprint density at radius 3 is 2.82 bits per heavy atom. The maximum atomic E-state index is 13.0. The molecule has 154 valence electrons. The third-order valence-corrected chi connectivity index (χ3v) is 5.78. The number of carbonyl (C=O) groups is 2. The third-order valence-electron chi connectivity index (χ3n) is 5.78. The zero-order valence-corrected chi connectivity index (χ0v) is 17.1. The van der Waals surface area contributed by atoms with Crippen LogP contribution in [0.4, 0.5) is 0 Å². The third kappa shape index (κ3) is 5.25. The molecule has 0 aliphatic carbocycles. The van der Waals surface area contributed by atoms with Crippen molar-refractivity contribution in [3.8, 4) is 5.75 Å². The summed E-state index contributed by atoms with van der Waals surface area (Å²) in [7, 11) is 0. The maximum absolute atomic E-state index is 13.0. The molecule has 2 aliphatic heterocycles. The Hall–Kier alpha value is -2.08. The molecule has 2 amide bonds. The Labute approximate surface area is 168 Å². The molecule has 28 heavy (non-hydrogen) atoms. The number of carbonyl (C=O) groups excluding carboxylic acids is 2. The van der Waals surface area contributed by atoms with Gasteiger partial charge in [0.15, 0.2) is 6.10 Å². The molecule has 1 aromatic carbocycles. The van der Waals surface area contributed by atoms with Crippen molar-refractivity contribution in [2.45, 2.75) is 58.1 Å². The molecular weight excluding hydrogens is 354 g/mol.